The summed E-state index contributed by atoms with van der Waals surface area (Å²) in [5.41, 5.74) is 2.27. The van der Waals surface area contributed by atoms with Crippen LogP contribution < -0.4 is 14.2 Å². The summed E-state index contributed by atoms with van der Waals surface area (Å²) in [5.74, 6) is 0.223. The van der Waals surface area contributed by atoms with Crippen LogP contribution in [0.1, 0.15) is 33.9 Å². The first-order valence-electron chi connectivity index (χ1n) is 14.5. The van der Waals surface area contributed by atoms with Crippen molar-refractivity contribution in [1.82, 2.24) is 14.8 Å². The number of methoxy groups -OCH3 is 3. The fourth-order valence-corrected chi connectivity index (χ4v) is 5.40. The number of halogens is 1. The molecule has 0 aromatic heterocycles. The van der Waals surface area contributed by atoms with Crippen LogP contribution in [0, 0.1) is 5.82 Å². The van der Waals surface area contributed by atoms with Gasteiger partial charge >= 0.3 is 0 Å². The minimum atomic E-state index is -0.634. The van der Waals surface area contributed by atoms with Crippen LogP contribution in [0.4, 0.5) is 4.39 Å². The molecule has 232 valence electrons. The molecule has 2 aliphatic heterocycles. The zero-order valence-electron chi connectivity index (χ0n) is 25.2. The Labute approximate surface area is 256 Å². The van der Waals surface area contributed by atoms with Crippen LogP contribution in [-0.2, 0) is 9.53 Å². The SMILES string of the molecule is COc1ccc(C2=NN(C(=O)CN(CCN3CCOCC3)C(=O)c3ccccc3F)[C@@H](c3ccc(OC)c(OC)c3)C2)cc1. The standard InChI is InChI=1S/C33H37FN4O6/c1-41-25-11-8-23(9-12-25)28-21-29(24-10-13-30(42-2)31(20-24)43-3)38(35-28)32(39)22-37(15-14-36-16-18-44-19-17-36)33(40)26-6-4-5-7-27(26)34/h4-13,20,29H,14-19,21-22H2,1-3H3/t29-/m1/s1. The maximum atomic E-state index is 14.7. The first-order chi connectivity index (χ1) is 21.4. The van der Waals surface area contributed by atoms with E-state index in [1.165, 1.54) is 28.1 Å². The van der Waals surface area contributed by atoms with Gasteiger partial charge in [-0.2, -0.15) is 5.10 Å². The average molecular weight is 605 g/mol. The molecular formula is C33H37FN4O6. The van der Waals surface area contributed by atoms with Gasteiger partial charge in [0.2, 0.25) is 0 Å². The number of rotatable bonds is 11. The molecule has 0 bridgehead atoms. The van der Waals surface area contributed by atoms with E-state index in [1.807, 2.05) is 36.4 Å². The molecule has 5 rings (SSSR count). The van der Waals surface area contributed by atoms with Crippen LogP contribution in [0.3, 0.4) is 0 Å². The molecule has 0 saturated carbocycles. The average Bonchev–Trinajstić information content (AvgIpc) is 3.52. The Kier molecular flexibility index (Phi) is 10.1. The van der Waals surface area contributed by atoms with Gasteiger partial charge in [-0.25, -0.2) is 9.40 Å². The van der Waals surface area contributed by atoms with E-state index in [1.54, 1.807) is 33.5 Å². The lowest BCUT2D eigenvalue weighted by Crippen LogP contribution is -2.46. The molecule has 1 atom stereocenters. The summed E-state index contributed by atoms with van der Waals surface area (Å²) in [6.45, 7) is 3.13. The lowest BCUT2D eigenvalue weighted by Gasteiger charge is -2.31. The van der Waals surface area contributed by atoms with Crippen molar-refractivity contribution in [2.45, 2.75) is 12.5 Å². The van der Waals surface area contributed by atoms with Gasteiger partial charge in [-0.05, 0) is 59.7 Å². The highest BCUT2D eigenvalue weighted by Gasteiger charge is 2.35. The number of ether oxygens (including phenoxy) is 4. The Hall–Kier alpha value is -4.48. The molecule has 2 heterocycles. The van der Waals surface area contributed by atoms with Gasteiger partial charge in [0, 0.05) is 32.6 Å². The summed E-state index contributed by atoms with van der Waals surface area (Å²) in [6, 6.07) is 18.3. The summed E-state index contributed by atoms with van der Waals surface area (Å²) >= 11 is 0. The largest absolute Gasteiger partial charge is 0.497 e. The van der Waals surface area contributed by atoms with E-state index in [4.69, 9.17) is 24.0 Å². The number of carbonyl (C=O) groups is 2. The van der Waals surface area contributed by atoms with Gasteiger partial charge in [0.15, 0.2) is 11.5 Å². The van der Waals surface area contributed by atoms with E-state index in [0.717, 1.165) is 24.2 Å². The van der Waals surface area contributed by atoms with E-state index in [0.29, 0.717) is 49.1 Å². The minimum Gasteiger partial charge on any atom is -0.497 e. The fourth-order valence-electron chi connectivity index (χ4n) is 5.40. The predicted molar refractivity (Wildman–Crippen MR) is 163 cm³/mol. The number of benzene rings is 3. The molecule has 0 aliphatic carbocycles. The molecule has 3 aromatic rings. The quantitative estimate of drug-likeness (QED) is 0.327. The van der Waals surface area contributed by atoms with Gasteiger partial charge in [0.25, 0.3) is 11.8 Å². The summed E-state index contributed by atoms with van der Waals surface area (Å²) in [5, 5.41) is 6.20. The zero-order chi connectivity index (χ0) is 31.1. The van der Waals surface area contributed by atoms with Crippen molar-refractivity contribution in [3.63, 3.8) is 0 Å². The summed E-state index contributed by atoms with van der Waals surface area (Å²) < 4.78 is 36.4. The van der Waals surface area contributed by atoms with Gasteiger partial charge in [0.05, 0.1) is 51.9 Å². The van der Waals surface area contributed by atoms with E-state index < -0.39 is 17.8 Å². The van der Waals surface area contributed by atoms with Gasteiger partial charge < -0.3 is 23.8 Å². The molecule has 11 heteroatoms. The first kappa shape index (κ1) is 31.0. The highest BCUT2D eigenvalue weighted by Crippen LogP contribution is 2.37. The maximum Gasteiger partial charge on any atom is 0.262 e. The molecule has 1 fully saturated rings. The molecule has 2 amide bonds. The Bertz CT molecular complexity index is 1490. The van der Waals surface area contributed by atoms with Gasteiger partial charge in [0.1, 0.15) is 18.1 Å². The molecule has 0 N–H and O–H groups in total. The van der Waals surface area contributed by atoms with Crippen LogP contribution in [0.5, 0.6) is 17.2 Å². The van der Waals surface area contributed by atoms with Crippen LogP contribution in [0.2, 0.25) is 0 Å². The van der Waals surface area contributed by atoms with Crippen molar-refractivity contribution in [3.8, 4) is 17.2 Å². The minimum absolute atomic E-state index is 0.0810. The second-order valence-corrected chi connectivity index (χ2v) is 10.5. The zero-order valence-corrected chi connectivity index (χ0v) is 25.2. The molecule has 0 unspecified atom stereocenters. The molecule has 10 nitrogen and oxygen atoms in total. The van der Waals surface area contributed by atoms with Crippen molar-refractivity contribution >= 4 is 17.5 Å². The normalized spacial score (nSPS) is 16.8. The number of hydrazone groups is 1. The Morgan fingerprint density at radius 2 is 1.68 bits per heavy atom. The van der Waals surface area contributed by atoms with E-state index in [2.05, 4.69) is 4.90 Å². The number of nitrogens with zero attached hydrogens (tertiary/aromatic N) is 4. The topological polar surface area (TPSA) is 93.1 Å². The second kappa shape index (κ2) is 14.3. The first-order valence-corrected chi connectivity index (χ1v) is 14.5. The van der Waals surface area contributed by atoms with Gasteiger partial charge in [-0.1, -0.05) is 18.2 Å². The molecule has 0 spiro atoms. The van der Waals surface area contributed by atoms with Crippen LogP contribution in [-0.4, -0.2) is 99.6 Å². The lowest BCUT2D eigenvalue weighted by atomic mass is 9.98. The Morgan fingerprint density at radius 1 is 0.955 bits per heavy atom. The molecule has 2 aliphatic rings. The number of morpholine rings is 1. The smallest absolute Gasteiger partial charge is 0.262 e. The number of hydrogen-bond donors (Lipinski definition) is 0. The van der Waals surface area contributed by atoms with Crippen molar-refractivity contribution in [2.24, 2.45) is 5.10 Å². The Morgan fingerprint density at radius 3 is 2.36 bits per heavy atom. The van der Waals surface area contributed by atoms with E-state index in [9.17, 15) is 14.0 Å². The monoisotopic (exact) mass is 604 g/mol. The van der Waals surface area contributed by atoms with Gasteiger partial charge in [-0.15, -0.1) is 0 Å². The molecular weight excluding hydrogens is 567 g/mol. The van der Waals surface area contributed by atoms with Crippen LogP contribution >= 0.6 is 0 Å². The second-order valence-electron chi connectivity index (χ2n) is 10.5. The fraction of sp³-hybridized carbons (Fsp3) is 0.364. The molecule has 3 aromatic carbocycles. The number of hydrogen-bond acceptors (Lipinski definition) is 8. The summed E-state index contributed by atoms with van der Waals surface area (Å²) in [7, 11) is 4.72. The summed E-state index contributed by atoms with van der Waals surface area (Å²) in [6.07, 6.45) is 0.433. The van der Waals surface area contributed by atoms with E-state index in [-0.39, 0.29) is 24.6 Å². The molecule has 1 saturated heterocycles. The van der Waals surface area contributed by atoms with Crippen molar-refractivity contribution in [2.75, 3.05) is 67.3 Å². The lowest BCUT2D eigenvalue weighted by molar-refractivity contribution is -0.133. The van der Waals surface area contributed by atoms with Crippen molar-refractivity contribution < 1.29 is 32.9 Å². The third-order valence-corrected chi connectivity index (χ3v) is 7.89. The van der Waals surface area contributed by atoms with Crippen molar-refractivity contribution in [3.05, 3.63) is 89.2 Å². The van der Waals surface area contributed by atoms with Gasteiger partial charge in [-0.3, -0.25) is 14.5 Å². The number of amides is 2. The predicted octanol–water partition coefficient (Wildman–Crippen LogP) is 4.00. The van der Waals surface area contributed by atoms with Crippen LogP contribution in [0.25, 0.3) is 0 Å². The van der Waals surface area contributed by atoms with Crippen molar-refractivity contribution in [1.29, 1.82) is 0 Å². The van der Waals surface area contributed by atoms with Crippen LogP contribution in [0.15, 0.2) is 71.8 Å². The molecule has 44 heavy (non-hydrogen) atoms. The molecule has 0 radical (unpaired) electrons. The third-order valence-electron chi connectivity index (χ3n) is 7.89. The third kappa shape index (κ3) is 7.00. The Balaban J connectivity index is 1.45. The highest BCUT2D eigenvalue weighted by atomic mass is 19.1. The maximum absolute atomic E-state index is 14.7. The van der Waals surface area contributed by atoms with E-state index >= 15 is 0 Å². The summed E-state index contributed by atoms with van der Waals surface area (Å²) in [4.78, 5) is 31.3. The number of carbonyl (C=O) groups excluding carboxylic acids is 2. The highest BCUT2D eigenvalue weighted by molar-refractivity contribution is 6.04.